The third-order valence-corrected chi connectivity index (χ3v) is 0.468. The minimum Gasteiger partial charge on any atom is -0.202 e. The maximum atomic E-state index is 3.55. The summed E-state index contributed by atoms with van der Waals surface area (Å²) in [5.41, 5.74) is 0.805. The first-order valence-electron chi connectivity index (χ1n) is 2.07. The Balaban J connectivity index is 0. The van der Waals surface area contributed by atoms with E-state index in [4.69, 9.17) is 0 Å². The number of allylic oxidation sites excluding steroid dienone is 4. The first-order chi connectivity index (χ1) is 3.27. The average molecular weight is 360 g/mol. The van der Waals surface area contributed by atoms with Gasteiger partial charge in [0.05, 0.1) is 0 Å². The Labute approximate surface area is 44.9 Å². The molecular weight excluding hydrogens is 351 g/mol. The Hall–Kier alpha value is -1.91. The third-order valence-electron chi connectivity index (χ3n) is 0.468. The molecule has 0 bridgehead atoms. The van der Waals surface area contributed by atoms with Gasteiger partial charge in [0, 0.05) is 0 Å². The van der Waals surface area contributed by atoms with Gasteiger partial charge in [-0.1, -0.05) is 6.08 Å². The van der Waals surface area contributed by atoms with Gasteiger partial charge in [0.1, 0.15) is 0 Å². The quantitative estimate of drug-likeness (QED) is 0.523. The molecule has 0 aliphatic carbocycles. The van der Waals surface area contributed by atoms with E-state index in [0.29, 0.717) is 0 Å². The summed E-state index contributed by atoms with van der Waals surface area (Å²) in [6.07, 6.45) is 5.29. The second-order valence-corrected chi connectivity index (χ2v) is 1.25. The van der Waals surface area contributed by atoms with E-state index in [9.17, 15) is 0 Å². The molecule has 0 heterocycles. The maximum absolute atomic E-state index is 3.55. The second-order valence-electron chi connectivity index (χ2n) is 1.25. The van der Waals surface area contributed by atoms with Gasteiger partial charge < -0.3 is 0 Å². The molecule has 0 aromatic heterocycles. The SMILES string of the molecule is C=C/C=C\C(=C)[CH2-].[Rf]. The number of rotatable bonds is 2. The van der Waals surface area contributed by atoms with Crippen LogP contribution in [0.4, 0.5) is 0 Å². The van der Waals surface area contributed by atoms with Crippen molar-refractivity contribution in [1.82, 2.24) is 0 Å². The predicted octanol–water partition coefficient (Wildman–Crippen LogP) is 2.12. The van der Waals surface area contributed by atoms with Crippen molar-refractivity contribution in [2.75, 3.05) is 0 Å². The van der Waals surface area contributed by atoms with Crippen molar-refractivity contribution in [2.24, 2.45) is 0 Å². The fourth-order valence-electron chi connectivity index (χ4n) is 0.204. The van der Waals surface area contributed by atoms with E-state index in [1.807, 2.05) is 0 Å². The fourth-order valence-corrected chi connectivity index (χ4v) is 0.204. The van der Waals surface area contributed by atoms with Gasteiger partial charge in [0.25, 0.3) is 0 Å². The molecule has 1 heteroatoms. The molecular formula is C7H9Rf-. The van der Waals surface area contributed by atoms with E-state index in [-0.39, 0.29) is 0 Å². The Kier molecular flexibility index (Phi) is 6.00. The third kappa shape index (κ3) is 8.94. The summed E-state index contributed by atoms with van der Waals surface area (Å²) in [5.74, 6) is 0. The van der Waals surface area contributed by atoms with E-state index in [1.54, 1.807) is 18.2 Å². The van der Waals surface area contributed by atoms with Gasteiger partial charge in [-0.3, -0.25) is 0 Å². The van der Waals surface area contributed by atoms with Crippen LogP contribution in [-0.4, -0.2) is 0 Å². The average Bonchev–Trinajstić information content (AvgIpc) is 1.61. The molecule has 0 N–H and O–H groups in total. The van der Waals surface area contributed by atoms with Crippen molar-refractivity contribution < 1.29 is 0 Å². The van der Waals surface area contributed by atoms with Crippen molar-refractivity contribution in [3.05, 3.63) is 43.9 Å². The van der Waals surface area contributed by atoms with Crippen LogP contribution >= 0.6 is 0 Å². The molecule has 40 valence electrons. The Bertz CT molecular complexity index is 101. The monoisotopic (exact) mass is 360 g/mol. The van der Waals surface area contributed by atoms with Gasteiger partial charge in [0.15, 0.2) is 0 Å². The summed E-state index contributed by atoms with van der Waals surface area (Å²) < 4.78 is 0. The molecule has 0 amide bonds. The van der Waals surface area contributed by atoms with E-state index < -0.39 is 0 Å². The molecule has 8 heavy (non-hydrogen) atoms. The zero-order chi connectivity index (χ0) is 5.70. The first-order valence-corrected chi connectivity index (χ1v) is 2.07. The van der Waals surface area contributed by atoms with Crippen LogP contribution in [0.1, 0.15) is 0 Å². The zero-order valence-corrected chi connectivity index (χ0v) is 11.5. The summed E-state index contributed by atoms with van der Waals surface area (Å²) in [4.78, 5) is 0. The molecule has 0 radical (unpaired) electrons. The molecule has 0 aliphatic heterocycles. The van der Waals surface area contributed by atoms with Crippen LogP contribution in [0.2, 0.25) is 0 Å². The van der Waals surface area contributed by atoms with Crippen molar-refractivity contribution >= 4 is 0 Å². The normalized spacial score (nSPS) is 8.00. The maximum Gasteiger partial charge on any atom is 0 e. The van der Waals surface area contributed by atoms with E-state index in [1.165, 1.54) is 0 Å². The summed E-state index contributed by atoms with van der Waals surface area (Å²) in [5, 5.41) is 0. The molecule has 0 rings (SSSR count). The molecule has 0 aromatic rings. The molecule has 0 fully saturated rings. The topological polar surface area (TPSA) is 0 Å². The Morgan fingerprint density at radius 2 is 2.00 bits per heavy atom. The van der Waals surface area contributed by atoms with Gasteiger partial charge in [-0.25, -0.2) is 5.57 Å². The molecule has 0 aliphatic rings. The minimum absolute atomic E-state index is 0. The molecule has 0 unspecified atom stereocenters. The van der Waals surface area contributed by atoms with Crippen molar-refractivity contribution in [1.29, 1.82) is 0 Å². The van der Waals surface area contributed by atoms with Gasteiger partial charge in [-0.2, -0.15) is 19.6 Å². The summed E-state index contributed by atoms with van der Waals surface area (Å²) in [6, 6.07) is 0. The van der Waals surface area contributed by atoms with Crippen molar-refractivity contribution in [2.45, 2.75) is 0 Å². The van der Waals surface area contributed by atoms with Crippen LogP contribution in [-0.2, 0) is 0 Å². The van der Waals surface area contributed by atoms with E-state index in [0.717, 1.165) is 5.57 Å². The summed E-state index contributed by atoms with van der Waals surface area (Å²) in [6.45, 7) is 10.6. The van der Waals surface area contributed by atoms with E-state index in [2.05, 4.69) is 20.1 Å². The van der Waals surface area contributed by atoms with Crippen molar-refractivity contribution in [3.63, 3.8) is 0 Å². The molecule has 0 saturated carbocycles. The molecule has 0 nitrogen and oxygen atoms in total. The van der Waals surface area contributed by atoms with Crippen LogP contribution in [0.3, 0.4) is 0 Å². The fraction of sp³-hybridized carbons (Fsp3) is 0. The van der Waals surface area contributed by atoms with Gasteiger partial charge >= 0.3 is 0 Å². The number of hydrogen-bond acceptors (Lipinski definition) is 0. The summed E-state index contributed by atoms with van der Waals surface area (Å²) >= 11 is 0. The Morgan fingerprint density at radius 3 is 2.12 bits per heavy atom. The standard InChI is InChI=1S/C7H9.Rf/c1-4-5-6-7(2)3;/h4-6H,1-3H2;/q-1;/b6-5-;. The predicted molar refractivity (Wildman–Crippen MR) is 33.8 cm³/mol. The molecule has 0 aromatic carbocycles. The Morgan fingerprint density at radius 1 is 1.50 bits per heavy atom. The smallest absolute Gasteiger partial charge is 0 e. The van der Waals surface area contributed by atoms with Crippen LogP contribution in [0.25, 0.3) is 0 Å². The second kappa shape index (κ2) is 5.09. The zero-order valence-electron chi connectivity index (χ0n) is 5.06. The molecule has 0 saturated heterocycles. The largest absolute Gasteiger partial charge is 0.202 e. The van der Waals surface area contributed by atoms with Crippen molar-refractivity contribution in [3.8, 4) is 0 Å². The first kappa shape index (κ1) is 9.43. The van der Waals surface area contributed by atoms with Gasteiger partial charge in [-0.15, -0.1) is 12.7 Å². The van der Waals surface area contributed by atoms with Crippen LogP contribution in [0.5, 0.6) is 0 Å². The molecule has 0 spiro atoms. The number of hydrogen-bond donors (Lipinski definition) is 0. The van der Waals surface area contributed by atoms with Crippen LogP contribution in [0, 0.1) is 6.92 Å². The van der Waals surface area contributed by atoms with E-state index >= 15 is 0 Å². The van der Waals surface area contributed by atoms with Crippen LogP contribution in [0.15, 0.2) is 37.0 Å². The minimum atomic E-state index is 0. The van der Waals surface area contributed by atoms with Crippen LogP contribution < -0.4 is 0 Å². The summed E-state index contributed by atoms with van der Waals surface area (Å²) in [7, 11) is 0. The van der Waals surface area contributed by atoms with Gasteiger partial charge in [-0.05, 0) is 0 Å². The molecule has 0 atom stereocenters. The van der Waals surface area contributed by atoms with Gasteiger partial charge in [0.2, 0.25) is 0 Å².